The van der Waals surface area contributed by atoms with Crippen LogP contribution in [0, 0.1) is 6.92 Å². The van der Waals surface area contributed by atoms with Gasteiger partial charge in [0, 0.05) is 16.6 Å². The highest BCUT2D eigenvalue weighted by molar-refractivity contribution is 9.09. The molecule has 0 aliphatic carbocycles. The van der Waals surface area contributed by atoms with E-state index in [1.165, 1.54) is 0 Å². The molecule has 1 saturated heterocycles. The first-order valence-corrected chi connectivity index (χ1v) is 10.3. The van der Waals surface area contributed by atoms with Crippen molar-refractivity contribution in [3.63, 3.8) is 0 Å². The van der Waals surface area contributed by atoms with Gasteiger partial charge in [-0.1, -0.05) is 44.2 Å². The summed E-state index contributed by atoms with van der Waals surface area (Å²) in [6, 6.07) is 10.5. The van der Waals surface area contributed by atoms with Gasteiger partial charge in [0.1, 0.15) is 6.10 Å². The van der Waals surface area contributed by atoms with E-state index in [4.69, 9.17) is 4.84 Å². The quantitative estimate of drug-likeness (QED) is 0.730. The zero-order valence-electron chi connectivity index (χ0n) is 12.0. The van der Waals surface area contributed by atoms with Crippen LogP contribution < -0.4 is 0 Å². The van der Waals surface area contributed by atoms with Crippen LogP contribution in [0.2, 0.25) is 0 Å². The van der Waals surface area contributed by atoms with Crippen molar-refractivity contribution in [1.82, 2.24) is 4.47 Å². The molecule has 0 radical (unpaired) electrons. The van der Waals surface area contributed by atoms with Crippen molar-refractivity contribution < 1.29 is 13.3 Å². The molecule has 0 amide bonds. The Morgan fingerprint density at radius 2 is 2.05 bits per heavy atom. The van der Waals surface area contributed by atoms with Gasteiger partial charge in [-0.3, -0.25) is 4.84 Å². The molecule has 1 aliphatic heterocycles. The Morgan fingerprint density at radius 3 is 2.64 bits per heavy atom. The van der Waals surface area contributed by atoms with Crippen molar-refractivity contribution >= 4 is 37.3 Å². The van der Waals surface area contributed by atoms with Gasteiger partial charge in [-0.25, -0.2) is 8.42 Å². The third-order valence-electron chi connectivity index (χ3n) is 3.61. The van der Waals surface area contributed by atoms with Gasteiger partial charge >= 0.3 is 0 Å². The molecule has 2 aromatic rings. The number of hydrogen-bond donors (Lipinski definition) is 0. The number of hydroxylamine groups is 1. The number of nitrogens with zero attached hydrogens (tertiary/aromatic N) is 1. The second-order valence-electron chi connectivity index (χ2n) is 5.23. The minimum Gasteiger partial charge on any atom is -0.275 e. The molecule has 0 spiro atoms. The average molecular weight is 402 g/mol. The van der Waals surface area contributed by atoms with Gasteiger partial charge in [0.2, 0.25) is 0 Å². The van der Waals surface area contributed by atoms with E-state index >= 15 is 0 Å². The summed E-state index contributed by atoms with van der Waals surface area (Å²) in [4.78, 5) is 7.09. The van der Waals surface area contributed by atoms with E-state index in [-0.39, 0.29) is 17.0 Å². The van der Waals surface area contributed by atoms with Crippen LogP contribution in [-0.4, -0.2) is 24.3 Å². The molecule has 2 atom stereocenters. The first-order chi connectivity index (χ1) is 10.5. The lowest BCUT2D eigenvalue weighted by Gasteiger charge is -2.20. The minimum atomic E-state index is -3.65. The molecule has 0 unspecified atom stereocenters. The Morgan fingerprint density at radius 1 is 1.32 bits per heavy atom. The number of rotatable bonds is 4. The Bertz CT molecular complexity index is 729. The molecule has 0 bridgehead atoms. The van der Waals surface area contributed by atoms with E-state index in [1.807, 2.05) is 24.4 Å². The molecule has 7 heteroatoms. The number of thiophene rings is 1. The van der Waals surface area contributed by atoms with Crippen LogP contribution in [-0.2, 0) is 14.9 Å². The fraction of sp³-hybridized carbons (Fsp3) is 0.333. The molecular weight excluding hydrogens is 386 g/mol. The molecule has 118 valence electrons. The van der Waals surface area contributed by atoms with E-state index in [0.717, 1.165) is 14.9 Å². The van der Waals surface area contributed by atoms with Crippen LogP contribution in [0.25, 0.3) is 0 Å². The van der Waals surface area contributed by atoms with Gasteiger partial charge in [0.25, 0.3) is 10.0 Å². The van der Waals surface area contributed by atoms with Gasteiger partial charge in [-0.15, -0.1) is 11.3 Å². The van der Waals surface area contributed by atoms with Crippen LogP contribution in [0.15, 0.2) is 46.7 Å². The summed E-state index contributed by atoms with van der Waals surface area (Å²) < 4.78 is 26.8. The third-order valence-corrected chi connectivity index (χ3v) is 7.05. The first kappa shape index (κ1) is 16.1. The number of aryl methyl sites for hydroxylation is 1. The van der Waals surface area contributed by atoms with Gasteiger partial charge < -0.3 is 0 Å². The second-order valence-corrected chi connectivity index (χ2v) is 8.63. The zero-order chi connectivity index (χ0) is 15.7. The van der Waals surface area contributed by atoms with Gasteiger partial charge in [-0.05, 0) is 30.5 Å². The van der Waals surface area contributed by atoms with E-state index in [1.54, 1.807) is 35.6 Å². The zero-order valence-corrected chi connectivity index (χ0v) is 15.2. The number of alkyl halides is 1. The van der Waals surface area contributed by atoms with Crippen molar-refractivity contribution in [2.45, 2.75) is 30.4 Å². The first-order valence-electron chi connectivity index (χ1n) is 6.89. The summed E-state index contributed by atoms with van der Waals surface area (Å²) in [5, 5.41) is 2.51. The Labute approximate surface area is 142 Å². The molecule has 22 heavy (non-hydrogen) atoms. The molecule has 2 heterocycles. The smallest absolute Gasteiger partial charge is 0.265 e. The summed E-state index contributed by atoms with van der Waals surface area (Å²) in [6.45, 7) is 1.93. The summed E-state index contributed by atoms with van der Waals surface area (Å²) in [5.41, 5.74) is 1.02. The Hall–Kier alpha value is -0.730. The number of sulfonamides is 1. The monoisotopic (exact) mass is 401 g/mol. The highest BCUT2D eigenvalue weighted by Gasteiger charge is 2.42. The van der Waals surface area contributed by atoms with Gasteiger partial charge in [0.15, 0.2) is 0 Å². The molecule has 0 N–H and O–H groups in total. The minimum absolute atomic E-state index is 0.206. The lowest BCUT2D eigenvalue weighted by Crippen LogP contribution is -2.35. The van der Waals surface area contributed by atoms with Crippen molar-refractivity contribution in [3.8, 4) is 0 Å². The molecular formula is C15H16BrNO3S2. The highest BCUT2D eigenvalue weighted by Crippen LogP contribution is 2.39. The largest absolute Gasteiger partial charge is 0.275 e. The lowest BCUT2D eigenvalue weighted by atomic mass is 10.1. The van der Waals surface area contributed by atoms with Crippen LogP contribution in [0.3, 0.4) is 0 Å². The SMILES string of the molecule is Cc1ccc(S(=O)(=O)N2O[C@@H](c3cccs3)C[C@H]2CBr)cc1. The molecule has 4 nitrogen and oxygen atoms in total. The number of benzene rings is 1. The molecule has 1 aromatic carbocycles. The normalized spacial score (nSPS) is 23.0. The average Bonchev–Trinajstić information content (AvgIpc) is 3.16. The van der Waals surface area contributed by atoms with Crippen molar-refractivity contribution in [2.24, 2.45) is 0 Å². The summed E-state index contributed by atoms with van der Waals surface area (Å²) in [6.07, 6.45) is 0.444. The molecule has 0 saturated carbocycles. The topological polar surface area (TPSA) is 46.6 Å². The van der Waals surface area contributed by atoms with Crippen LogP contribution in [0.4, 0.5) is 0 Å². The van der Waals surface area contributed by atoms with E-state index in [9.17, 15) is 8.42 Å². The van der Waals surface area contributed by atoms with E-state index in [2.05, 4.69) is 15.9 Å². The fourth-order valence-corrected chi connectivity index (χ4v) is 5.36. The third kappa shape index (κ3) is 3.00. The summed E-state index contributed by atoms with van der Waals surface area (Å²) >= 11 is 4.98. The van der Waals surface area contributed by atoms with Gasteiger partial charge in [0.05, 0.1) is 10.9 Å². The summed E-state index contributed by atoms with van der Waals surface area (Å²) in [5.74, 6) is 0. The molecule has 1 aromatic heterocycles. The predicted octanol–water partition coefficient (Wildman–Crippen LogP) is 3.89. The lowest BCUT2D eigenvalue weighted by molar-refractivity contribution is -0.0872. The maximum absolute atomic E-state index is 12.8. The van der Waals surface area contributed by atoms with Crippen molar-refractivity contribution in [1.29, 1.82) is 0 Å². The van der Waals surface area contributed by atoms with Crippen LogP contribution in [0.5, 0.6) is 0 Å². The maximum Gasteiger partial charge on any atom is 0.265 e. The second kappa shape index (κ2) is 6.41. The molecule has 1 fully saturated rings. The Kier molecular flexibility index (Phi) is 4.70. The van der Waals surface area contributed by atoms with Crippen molar-refractivity contribution in [3.05, 3.63) is 52.2 Å². The molecule has 3 rings (SSSR count). The van der Waals surface area contributed by atoms with Crippen LogP contribution >= 0.6 is 27.3 Å². The number of hydrogen-bond acceptors (Lipinski definition) is 4. The number of halogens is 1. The van der Waals surface area contributed by atoms with Crippen molar-refractivity contribution in [2.75, 3.05) is 5.33 Å². The standard InChI is InChI=1S/C15H16BrNO3S2/c1-11-4-6-13(7-5-11)22(18,19)17-12(10-16)9-14(20-17)15-3-2-8-21-15/h2-8,12,14H,9-10H2,1H3/t12-,14+/m0/s1. The van der Waals surface area contributed by atoms with Crippen LogP contribution in [0.1, 0.15) is 23.0 Å². The molecule has 1 aliphatic rings. The fourth-order valence-electron chi connectivity index (χ4n) is 2.42. The van der Waals surface area contributed by atoms with E-state index < -0.39 is 10.0 Å². The maximum atomic E-state index is 12.8. The predicted molar refractivity (Wildman–Crippen MR) is 90.5 cm³/mol. The van der Waals surface area contributed by atoms with Gasteiger partial charge in [-0.2, -0.15) is 0 Å². The highest BCUT2D eigenvalue weighted by atomic mass is 79.9. The van der Waals surface area contributed by atoms with E-state index in [0.29, 0.717) is 11.8 Å². The Balaban J connectivity index is 1.90. The summed E-state index contributed by atoms with van der Waals surface area (Å²) in [7, 11) is -3.65.